The van der Waals surface area contributed by atoms with E-state index < -0.39 is 0 Å². The van der Waals surface area contributed by atoms with Crippen LogP contribution in [0.3, 0.4) is 0 Å². The van der Waals surface area contributed by atoms with Gasteiger partial charge in [-0.3, -0.25) is 0 Å². The summed E-state index contributed by atoms with van der Waals surface area (Å²) < 4.78 is 0. The van der Waals surface area contributed by atoms with E-state index in [-0.39, 0.29) is 18.9 Å². The van der Waals surface area contributed by atoms with Crippen LogP contribution in [0.1, 0.15) is 19.3 Å². The van der Waals surface area contributed by atoms with Crippen LogP contribution in [0.15, 0.2) is 0 Å². The van der Waals surface area contributed by atoms with Crippen molar-refractivity contribution in [2.75, 3.05) is 0 Å². The molecule has 0 bridgehead atoms. The second kappa shape index (κ2) is 10.8. The van der Waals surface area contributed by atoms with Crippen molar-refractivity contribution in [1.82, 2.24) is 0 Å². The average Bonchev–Trinajstić information content (AvgIpc) is 1.69. The summed E-state index contributed by atoms with van der Waals surface area (Å²) in [5, 5.41) is 1.14. The number of hydrogen-bond donors (Lipinski definition) is 0. The van der Waals surface area contributed by atoms with Gasteiger partial charge in [-0.25, -0.2) is 0 Å². The zero-order chi connectivity index (χ0) is 5.54. The molecule has 42 valence electrons. The first-order valence-corrected chi connectivity index (χ1v) is 3.45. The van der Waals surface area contributed by atoms with Crippen LogP contribution >= 0.6 is 0 Å². The van der Waals surface area contributed by atoms with E-state index in [2.05, 4.69) is 17.4 Å². The van der Waals surface area contributed by atoms with Crippen molar-refractivity contribution in [2.45, 2.75) is 24.4 Å². The molecule has 0 spiro atoms. The molecule has 3 heteroatoms. The van der Waals surface area contributed by atoms with E-state index >= 15 is 0 Å². The monoisotopic (exact) mass is 144 g/mol. The third kappa shape index (κ3) is 9.97. The maximum atomic E-state index is 9.67. The fraction of sp³-hybridized carbons (Fsp3) is 0.800. The molecule has 1 nitrogen and oxygen atoms in total. The third-order valence-corrected chi connectivity index (χ3v) is 1.22. The summed E-state index contributed by atoms with van der Waals surface area (Å²) in [6.07, 6.45) is 3.93. The molecule has 0 aromatic rings. The van der Waals surface area contributed by atoms with Crippen molar-refractivity contribution in [3.8, 4) is 0 Å². The van der Waals surface area contributed by atoms with Crippen molar-refractivity contribution < 1.29 is 22.2 Å². The normalized spacial score (nSPS) is 7.50. The molecule has 0 aromatic carbocycles. The standard InChI is InChI=1S/C5H9O.Li.V.H/c1-2-3-4-5-6;;;/h5H,1-4H2;;;. The first kappa shape index (κ1) is 11.6. The summed E-state index contributed by atoms with van der Waals surface area (Å²) in [6, 6.07) is 0. The quantitative estimate of drug-likeness (QED) is 0.322. The van der Waals surface area contributed by atoms with Crippen LogP contribution < -0.4 is 0 Å². The van der Waals surface area contributed by atoms with Gasteiger partial charge in [0.05, 0.1) is 0 Å². The van der Waals surface area contributed by atoms with E-state index in [0.717, 1.165) is 24.3 Å². The number of carbonyl (C=O) groups excluding carboxylic acids is 1. The van der Waals surface area contributed by atoms with Crippen LogP contribution in [0, 0.1) is 0 Å². The molecule has 0 heterocycles. The molecule has 0 atom stereocenters. The molecular formula is C5H10LiOV. The molecule has 0 N–H and O–H groups in total. The van der Waals surface area contributed by atoms with Gasteiger partial charge in [-0.15, -0.1) is 0 Å². The van der Waals surface area contributed by atoms with Crippen molar-refractivity contribution in [1.29, 1.82) is 0 Å². The molecule has 0 aliphatic heterocycles. The predicted octanol–water partition coefficient (Wildman–Crippen LogP) is 0.672. The Morgan fingerprint density at radius 1 is 1.38 bits per heavy atom. The fourth-order valence-electron chi connectivity index (χ4n) is 0.339. The van der Waals surface area contributed by atoms with Gasteiger partial charge in [0.25, 0.3) is 0 Å². The number of unbranched alkanes of at least 4 members (excludes halogenated alkanes) is 2. The summed E-state index contributed by atoms with van der Waals surface area (Å²) >= 11 is 2.51. The van der Waals surface area contributed by atoms with Gasteiger partial charge in [-0.2, -0.15) is 0 Å². The number of aldehydes is 1. The predicted molar refractivity (Wildman–Crippen MR) is 31.9 cm³/mol. The van der Waals surface area contributed by atoms with E-state index in [9.17, 15) is 4.79 Å². The maximum absolute atomic E-state index is 9.67. The van der Waals surface area contributed by atoms with Crippen LogP contribution in [-0.2, 0) is 22.2 Å². The number of hydrogen-bond acceptors (Lipinski definition) is 1. The molecule has 0 aromatic heterocycles. The first-order chi connectivity index (χ1) is 3.41. The zero-order valence-electron chi connectivity index (χ0n) is 4.26. The van der Waals surface area contributed by atoms with Gasteiger partial charge in [0, 0.05) is 0 Å². The first-order valence-electron chi connectivity index (χ1n) is 2.46. The van der Waals surface area contributed by atoms with E-state index in [1.54, 1.807) is 0 Å². The van der Waals surface area contributed by atoms with Crippen molar-refractivity contribution in [3.05, 3.63) is 0 Å². The van der Waals surface area contributed by atoms with E-state index in [1.165, 1.54) is 6.42 Å². The Balaban J connectivity index is 0. The van der Waals surface area contributed by atoms with E-state index in [0.29, 0.717) is 0 Å². The molecule has 0 saturated heterocycles. The molecule has 0 amide bonds. The van der Waals surface area contributed by atoms with Crippen LogP contribution in [0.4, 0.5) is 0 Å². The second-order valence-corrected chi connectivity index (χ2v) is 2.08. The van der Waals surface area contributed by atoms with Gasteiger partial charge in [-0.1, -0.05) is 0 Å². The van der Waals surface area contributed by atoms with E-state index in [4.69, 9.17) is 0 Å². The van der Waals surface area contributed by atoms with Gasteiger partial charge in [-0.05, 0) is 0 Å². The number of rotatable bonds is 4. The van der Waals surface area contributed by atoms with Crippen molar-refractivity contribution in [3.63, 3.8) is 0 Å². The molecule has 0 rings (SSSR count). The Morgan fingerprint density at radius 2 is 2.00 bits per heavy atom. The van der Waals surface area contributed by atoms with Crippen LogP contribution in [0.5, 0.6) is 0 Å². The van der Waals surface area contributed by atoms with Gasteiger partial charge in [0.15, 0.2) is 0 Å². The van der Waals surface area contributed by atoms with Crippen molar-refractivity contribution >= 4 is 25.1 Å². The minimum absolute atomic E-state index is 0. The summed E-state index contributed by atoms with van der Waals surface area (Å²) in [5.74, 6) is 0. The molecule has 0 aliphatic carbocycles. The van der Waals surface area contributed by atoms with Crippen LogP contribution in [0.25, 0.3) is 0 Å². The summed E-state index contributed by atoms with van der Waals surface area (Å²) in [6.45, 7) is 0. The van der Waals surface area contributed by atoms with E-state index in [1.807, 2.05) is 0 Å². The SMILES string of the molecule is O=CCCC[CH2][V].[LiH]. The molecule has 0 fully saturated rings. The third-order valence-electron chi connectivity index (χ3n) is 0.730. The Labute approximate surface area is 71.7 Å². The summed E-state index contributed by atoms with van der Waals surface area (Å²) in [7, 11) is 0. The molecule has 0 saturated carbocycles. The zero-order valence-corrected chi connectivity index (χ0v) is 5.66. The second-order valence-electron chi connectivity index (χ2n) is 1.39. The van der Waals surface area contributed by atoms with Gasteiger partial charge in [0.2, 0.25) is 0 Å². The Morgan fingerprint density at radius 3 is 2.38 bits per heavy atom. The average molecular weight is 144 g/mol. The van der Waals surface area contributed by atoms with Gasteiger partial charge < -0.3 is 0 Å². The van der Waals surface area contributed by atoms with Crippen molar-refractivity contribution in [2.24, 2.45) is 0 Å². The van der Waals surface area contributed by atoms with Gasteiger partial charge in [0.1, 0.15) is 0 Å². The van der Waals surface area contributed by atoms with Gasteiger partial charge >= 0.3 is 71.8 Å². The van der Waals surface area contributed by atoms with Crippen LogP contribution in [-0.4, -0.2) is 25.1 Å². The van der Waals surface area contributed by atoms with Crippen LogP contribution in [0.2, 0.25) is 5.13 Å². The number of carbonyl (C=O) groups is 1. The summed E-state index contributed by atoms with van der Waals surface area (Å²) in [5.41, 5.74) is 0. The summed E-state index contributed by atoms with van der Waals surface area (Å²) in [4.78, 5) is 9.67. The minimum atomic E-state index is 0. The molecule has 0 unspecified atom stereocenters. The molecule has 0 radical (unpaired) electrons. The fourth-order valence-corrected chi connectivity index (χ4v) is 0.689. The Bertz CT molecular complexity index is 49.7. The molecular weight excluding hydrogens is 134 g/mol. The Hall–Kier alpha value is 0.852. The Kier molecular flexibility index (Phi) is 15.6. The molecule has 0 aliphatic rings. The molecule has 8 heavy (non-hydrogen) atoms. The topological polar surface area (TPSA) is 17.1 Å².